The van der Waals surface area contributed by atoms with E-state index in [4.69, 9.17) is 9.72 Å². The van der Waals surface area contributed by atoms with E-state index in [0.717, 1.165) is 33.8 Å². The average Bonchev–Trinajstić information content (AvgIpc) is 2.68. The summed E-state index contributed by atoms with van der Waals surface area (Å²) in [6.45, 7) is 10.0. The van der Waals surface area contributed by atoms with Crippen molar-refractivity contribution in [3.63, 3.8) is 0 Å². The number of carbonyl (C=O) groups excluding carboxylic acids is 1. The Morgan fingerprint density at radius 1 is 1.10 bits per heavy atom. The summed E-state index contributed by atoms with van der Waals surface area (Å²) in [5.74, 6) is 0.327. The molecule has 5 nitrogen and oxygen atoms in total. The fourth-order valence-corrected chi connectivity index (χ4v) is 3.55. The molecular formula is C24H26N2O3. The summed E-state index contributed by atoms with van der Waals surface area (Å²) in [5, 5.41) is 0.527. The van der Waals surface area contributed by atoms with Crippen LogP contribution in [0.15, 0.2) is 41.2 Å². The third-order valence-corrected chi connectivity index (χ3v) is 4.99. The highest BCUT2D eigenvalue weighted by atomic mass is 16.5. The smallest absolute Gasteiger partial charge is 0.330 e. The maximum Gasteiger partial charge on any atom is 0.330 e. The number of carbonyl (C=O) groups is 1. The van der Waals surface area contributed by atoms with Crippen LogP contribution in [-0.2, 0) is 16.0 Å². The number of esters is 1. The zero-order valence-corrected chi connectivity index (χ0v) is 17.6. The van der Waals surface area contributed by atoms with Crippen LogP contribution in [0.1, 0.15) is 41.9 Å². The molecule has 2 aromatic carbocycles. The summed E-state index contributed by atoms with van der Waals surface area (Å²) in [6.07, 6.45) is 3.71. The van der Waals surface area contributed by atoms with E-state index in [1.807, 2.05) is 52.0 Å². The van der Waals surface area contributed by atoms with E-state index in [1.165, 1.54) is 6.08 Å². The minimum Gasteiger partial charge on any atom is -0.463 e. The second-order valence-corrected chi connectivity index (χ2v) is 7.07. The molecule has 0 aliphatic carbocycles. The standard InChI is InChI=1S/C24H26N2O3/c1-6-21-25-20-13-17(5)18(11-12-22(27)29-7-2)14-19(20)24(28)26(21)23-15(3)9-8-10-16(23)4/h8-14H,6-7H2,1-5H3/b12-11+. The molecule has 0 saturated heterocycles. The largest absolute Gasteiger partial charge is 0.463 e. The van der Waals surface area contributed by atoms with Gasteiger partial charge in [0.15, 0.2) is 0 Å². The lowest BCUT2D eigenvalue weighted by Crippen LogP contribution is -2.25. The van der Waals surface area contributed by atoms with E-state index in [-0.39, 0.29) is 5.56 Å². The van der Waals surface area contributed by atoms with Crippen molar-refractivity contribution in [2.24, 2.45) is 0 Å². The van der Waals surface area contributed by atoms with Crippen molar-refractivity contribution in [3.05, 3.63) is 74.8 Å². The number of benzene rings is 2. The quantitative estimate of drug-likeness (QED) is 0.477. The van der Waals surface area contributed by atoms with Crippen LogP contribution in [0, 0.1) is 20.8 Å². The van der Waals surface area contributed by atoms with Gasteiger partial charge in [-0.15, -0.1) is 0 Å². The summed E-state index contributed by atoms with van der Waals surface area (Å²) < 4.78 is 6.67. The molecule has 0 fully saturated rings. The number of hydrogen-bond acceptors (Lipinski definition) is 4. The fourth-order valence-electron chi connectivity index (χ4n) is 3.55. The van der Waals surface area contributed by atoms with Crippen LogP contribution < -0.4 is 5.56 Å². The molecule has 3 aromatic rings. The molecule has 0 amide bonds. The SMILES string of the molecule is CCOC(=O)/C=C/c1cc2c(=O)n(-c3c(C)cccc3C)c(CC)nc2cc1C. The number of ether oxygens (including phenoxy) is 1. The maximum atomic E-state index is 13.5. The van der Waals surface area contributed by atoms with Gasteiger partial charge in [0, 0.05) is 12.5 Å². The molecule has 1 aromatic heterocycles. The van der Waals surface area contributed by atoms with Gasteiger partial charge in [0.25, 0.3) is 5.56 Å². The molecule has 0 N–H and O–H groups in total. The first kappa shape index (κ1) is 20.5. The van der Waals surface area contributed by atoms with E-state index >= 15 is 0 Å². The Morgan fingerprint density at radius 2 is 1.79 bits per heavy atom. The Kier molecular flexibility index (Phi) is 5.97. The van der Waals surface area contributed by atoms with E-state index < -0.39 is 5.97 Å². The predicted molar refractivity (Wildman–Crippen MR) is 117 cm³/mol. The monoisotopic (exact) mass is 390 g/mol. The van der Waals surface area contributed by atoms with Gasteiger partial charge in [0.2, 0.25) is 0 Å². The van der Waals surface area contributed by atoms with Crippen molar-refractivity contribution in [3.8, 4) is 5.69 Å². The van der Waals surface area contributed by atoms with Crippen LogP contribution in [-0.4, -0.2) is 22.1 Å². The van der Waals surface area contributed by atoms with E-state index in [9.17, 15) is 9.59 Å². The van der Waals surface area contributed by atoms with Gasteiger partial charge < -0.3 is 4.74 Å². The van der Waals surface area contributed by atoms with Crippen molar-refractivity contribution in [2.45, 2.75) is 41.0 Å². The first-order valence-corrected chi connectivity index (χ1v) is 9.85. The van der Waals surface area contributed by atoms with Crippen LogP contribution >= 0.6 is 0 Å². The molecule has 0 spiro atoms. The lowest BCUT2D eigenvalue weighted by atomic mass is 10.0. The van der Waals surface area contributed by atoms with Gasteiger partial charge in [0.05, 0.1) is 23.2 Å². The Labute approximate surface area is 170 Å². The number of rotatable bonds is 5. The van der Waals surface area contributed by atoms with E-state index in [1.54, 1.807) is 23.6 Å². The maximum absolute atomic E-state index is 13.5. The minimum atomic E-state index is -0.403. The Bertz CT molecular complexity index is 1150. The number of fused-ring (bicyclic) bond motifs is 1. The van der Waals surface area contributed by atoms with Gasteiger partial charge in [-0.2, -0.15) is 0 Å². The van der Waals surface area contributed by atoms with Crippen molar-refractivity contribution in [1.82, 2.24) is 9.55 Å². The van der Waals surface area contributed by atoms with E-state index in [2.05, 4.69) is 0 Å². The minimum absolute atomic E-state index is 0.102. The van der Waals surface area contributed by atoms with Crippen molar-refractivity contribution < 1.29 is 9.53 Å². The molecule has 0 bridgehead atoms. The van der Waals surface area contributed by atoms with Gasteiger partial charge in [-0.05, 0) is 68.2 Å². The highest BCUT2D eigenvalue weighted by Gasteiger charge is 2.16. The summed E-state index contributed by atoms with van der Waals surface area (Å²) in [6, 6.07) is 9.69. The van der Waals surface area contributed by atoms with Crippen LogP contribution in [0.3, 0.4) is 0 Å². The van der Waals surface area contributed by atoms with Crippen LogP contribution in [0.2, 0.25) is 0 Å². The lowest BCUT2D eigenvalue weighted by Gasteiger charge is -2.17. The highest BCUT2D eigenvalue weighted by molar-refractivity contribution is 5.89. The predicted octanol–water partition coefficient (Wildman–Crippen LogP) is 4.45. The number of hydrogen-bond donors (Lipinski definition) is 0. The van der Waals surface area contributed by atoms with Crippen LogP contribution in [0.25, 0.3) is 22.7 Å². The Morgan fingerprint density at radius 3 is 2.41 bits per heavy atom. The zero-order valence-electron chi connectivity index (χ0n) is 17.6. The molecule has 29 heavy (non-hydrogen) atoms. The fraction of sp³-hybridized carbons (Fsp3) is 0.292. The Hall–Kier alpha value is -3.21. The second kappa shape index (κ2) is 8.43. The molecule has 0 saturated carbocycles. The lowest BCUT2D eigenvalue weighted by molar-refractivity contribution is -0.137. The summed E-state index contributed by atoms with van der Waals surface area (Å²) >= 11 is 0. The molecule has 0 radical (unpaired) electrons. The second-order valence-electron chi connectivity index (χ2n) is 7.07. The highest BCUT2D eigenvalue weighted by Crippen LogP contribution is 2.22. The van der Waals surface area contributed by atoms with Crippen molar-refractivity contribution in [2.75, 3.05) is 6.61 Å². The van der Waals surface area contributed by atoms with E-state index in [0.29, 0.717) is 23.9 Å². The average molecular weight is 390 g/mol. The van der Waals surface area contributed by atoms with Gasteiger partial charge in [-0.1, -0.05) is 25.1 Å². The molecule has 150 valence electrons. The topological polar surface area (TPSA) is 61.2 Å². The van der Waals surface area contributed by atoms with Gasteiger partial charge in [0.1, 0.15) is 5.82 Å². The number of aromatic nitrogens is 2. The Balaban J connectivity index is 2.27. The number of aryl methyl sites for hydroxylation is 4. The van der Waals surface area contributed by atoms with Crippen LogP contribution in [0.5, 0.6) is 0 Å². The molecule has 0 aliphatic rings. The molecule has 0 aliphatic heterocycles. The summed E-state index contributed by atoms with van der Waals surface area (Å²) in [7, 11) is 0. The molecule has 5 heteroatoms. The molecular weight excluding hydrogens is 364 g/mol. The first-order chi connectivity index (χ1) is 13.9. The number of para-hydroxylation sites is 1. The van der Waals surface area contributed by atoms with Crippen molar-refractivity contribution >= 4 is 22.9 Å². The first-order valence-electron chi connectivity index (χ1n) is 9.85. The molecule has 3 rings (SSSR count). The molecule has 0 atom stereocenters. The molecule has 1 heterocycles. The van der Waals surface area contributed by atoms with Crippen molar-refractivity contribution in [1.29, 1.82) is 0 Å². The zero-order chi connectivity index (χ0) is 21.1. The van der Waals surface area contributed by atoms with Gasteiger partial charge in [-0.25, -0.2) is 9.78 Å². The summed E-state index contributed by atoms with van der Waals surface area (Å²) in [5.41, 5.74) is 5.23. The normalized spacial score (nSPS) is 11.3. The van der Waals surface area contributed by atoms with Gasteiger partial charge in [-0.3, -0.25) is 9.36 Å². The third kappa shape index (κ3) is 3.99. The summed E-state index contributed by atoms with van der Waals surface area (Å²) in [4.78, 5) is 30.0. The van der Waals surface area contributed by atoms with Crippen LogP contribution in [0.4, 0.5) is 0 Å². The molecule has 0 unspecified atom stereocenters. The van der Waals surface area contributed by atoms with Gasteiger partial charge >= 0.3 is 5.97 Å². The number of nitrogens with zero attached hydrogens (tertiary/aromatic N) is 2. The third-order valence-electron chi connectivity index (χ3n) is 4.99.